The van der Waals surface area contributed by atoms with Crippen LogP contribution in [0.15, 0.2) is 24.5 Å². The van der Waals surface area contributed by atoms with Crippen LogP contribution >= 0.6 is 11.6 Å². The second-order valence-electron chi connectivity index (χ2n) is 8.00. The molecule has 160 valence electrons. The number of carbonyl (C=O) groups excluding carboxylic acids is 2. The van der Waals surface area contributed by atoms with Gasteiger partial charge in [0.2, 0.25) is 5.91 Å². The molecule has 1 amide bonds. The van der Waals surface area contributed by atoms with Crippen molar-refractivity contribution in [3.05, 3.63) is 46.6 Å². The van der Waals surface area contributed by atoms with Gasteiger partial charge in [-0.15, -0.1) is 0 Å². The Morgan fingerprint density at radius 2 is 1.90 bits per heavy atom. The number of rotatable bonds is 7. The standard InChI is InChI=1S/C22H28ClN5O2/c1-14(13-19(29)17-5-9-25-10-6-17)22(30)28-11-7-16(8-12-28)3-4-18-20(23)26-15(2)27-21(18)24/h5-6,9-10,14,16H,3-4,7-8,11-13H2,1-2H3,(H2,24,26,27)/t14-/m1/s1. The fourth-order valence-corrected chi connectivity index (χ4v) is 4.25. The van der Waals surface area contributed by atoms with Crippen molar-refractivity contribution in [1.29, 1.82) is 0 Å². The third kappa shape index (κ3) is 5.53. The zero-order chi connectivity index (χ0) is 21.7. The summed E-state index contributed by atoms with van der Waals surface area (Å²) in [5, 5.41) is 0.431. The Hall–Kier alpha value is -2.54. The van der Waals surface area contributed by atoms with Gasteiger partial charge in [-0.1, -0.05) is 18.5 Å². The van der Waals surface area contributed by atoms with Gasteiger partial charge < -0.3 is 10.6 Å². The van der Waals surface area contributed by atoms with Crippen LogP contribution in [0, 0.1) is 18.8 Å². The van der Waals surface area contributed by atoms with Crippen LogP contribution in [-0.4, -0.2) is 44.6 Å². The number of halogens is 1. The van der Waals surface area contributed by atoms with Crippen molar-refractivity contribution >= 4 is 29.1 Å². The van der Waals surface area contributed by atoms with Crippen molar-refractivity contribution in [2.24, 2.45) is 11.8 Å². The van der Waals surface area contributed by atoms with Crippen molar-refractivity contribution in [3.8, 4) is 0 Å². The van der Waals surface area contributed by atoms with Gasteiger partial charge in [0.15, 0.2) is 5.78 Å². The molecule has 0 spiro atoms. The van der Waals surface area contributed by atoms with E-state index in [2.05, 4.69) is 15.0 Å². The van der Waals surface area contributed by atoms with Crippen LogP contribution in [-0.2, 0) is 11.2 Å². The highest BCUT2D eigenvalue weighted by Gasteiger charge is 2.27. The van der Waals surface area contributed by atoms with Crippen LogP contribution in [0.2, 0.25) is 5.15 Å². The molecule has 0 unspecified atom stereocenters. The molecule has 7 nitrogen and oxygen atoms in total. The smallest absolute Gasteiger partial charge is 0.225 e. The number of hydrogen-bond acceptors (Lipinski definition) is 6. The molecule has 8 heteroatoms. The summed E-state index contributed by atoms with van der Waals surface area (Å²) in [5.41, 5.74) is 7.40. The molecule has 0 aromatic carbocycles. The van der Waals surface area contributed by atoms with Crippen molar-refractivity contribution < 1.29 is 9.59 Å². The maximum absolute atomic E-state index is 12.8. The molecule has 0 radical (unpaired) electrons. The van der Waals surface area contributed by atoms with Crippen LogP contribution in [0.3, 0.4) is 0 Å². The first-order chi connectivity index (χ1) is 14.3. The van der Waals surface area contributed by atoms with Gasteiger partial charge >= 0.3 is 0 Å². The van der Waals surface area contributed by atoms with Crippen molar-refractivity contribution in [2.45, 2.75) is 46.0 Å². The molecule has 2 aromatic rings. The molecule has 1 saturated heterocycles. The molecule has 0 saturated carbocycles. The molecule has 3 heterocycles. The summed E-state index contributed by atoms with van der Waals surface area (Å²) >= 11 is 6.22. The zero-order valence-corrected chi connectivity index (χ0v) is 18.2. The monoisotopic (exact) mass is 429 g/mol. The van der Waals surface area contributed by atoms with E-state index in [0.29, 0.717) is 41.4 Å². The fraction of sp³-hybridized carbons (Fsp3) is 0.500. The van der Waals surface area contributed by atoms with E-state index >= 15 is 0 Å². The lowest BCUT2D eigenvalue weighted by Crippen LogP contribution is -2.41. The summed E-state index contributed by atoms with van der Waals surface area (Å²) in [5.74, 6) is 1.22. The fourth-order valence-electron chi connectivity index (χ4n) is 3.94. The number of ketones is 1. The third-order valence-corrected chi connectivity index (χ3v) is 6.06. The molecule has 1 aliphatic heterocycles. The van der Waals surface area contributed by atoms with Gasteiger partial charge in [0, 0.05) is 48.9 Å². The van der Waals surface area contributed by atoms with Crippen LogP contribution in [0.4, 0.5) is 5.82 Å². The second-order valence-corrected chi connectivity index (χ2v) is 8.36. The van der Waals surface area contributed by atoms with E-state index in [4.69, 9.17) is 17.3 Å². The topological polar surface area (TPSA) is 102 Å². The SMILES string of the molecule is Cc1nc(N)c(CCC2CCN(C(=O)[C@H](C)CC(=O)c3ccncc3)CC2)c(Cl)n1. The number of amides is 1. The van der Waals surface area contributed by atoms with Crippen molar-refractivity contribution in [3.63, 3.8) is 0 Å². The van der Waals surface area contributed by atoms with Gasteiger partial charge in [0.25, 0.3) is 0 Å². The normalized spacial score (nSPS) is 15.8. The summed E-state index contributed by atoms with van der Waals surface area (Å²) in [6, 6.07) is 3.37. The quantitative estimate of drug-likeness (QED) is 0.533. The molecule has 2 aromatic heterocycles. The molecular weight excluding hydrogens is 402 g/mol. The highest BCUT2D eigenvalue weighted by molar-refractivity contribution is 6.30. The summed E-state index contributed by atoms with van der Waals surface area (Å²) in [6.07, 6.45) is 6.94. The van der Waals surface area contributed by atoms with E-state index in [1.54, 1.807) is 31.5 Å². The molecule has 2 N–H and O–H groups in total. The van der Waals surface area contributed by atoms with Crippen molar-refractivity contribution in [2.75, 3.05) is 18.8 Å². The van der Waals surface area contributed by atoms with E-state index in [0.717, 1.165) is 31.2 Å². The molecule has 1 atom stereocenters. The molecule has 1 fully saturated rings. The molecule has 30 heavy (non-hydrogen) atoms. The molecule has 3 rings (SSSR count). The Balaban J connectivity index is 1.47. The van der Waals surface area contributed by atoms with E-state index < -0.39 is 0 Å². The molecular formula is C22H28ClN5O2. The minimum Gasteiger partial charge on any atom is -0.383 e. The predicted molar refractivity (Wildman–Crippen MR) is 116 cm³/mol. The second kappa shape index (κ2) is 9.98. The summed E-state index contributed by atoms with van der Waals surface area (Å²) in [6.45, 7) is 5.02. The van der Waals surface area contributed by atoms with Crippen LogP contribution < -0.4 is 5.73 Å². The Morgan fingerprint density at radius 1 is 1.23 bits per heavy atom. The highest BCUT2D eigenvalue weighted by Crippen LogP contribution is 2.27. The van der Waals surface area contributed by atoms with E-state index in [-0.39, 0.29) is 24.0 Å². The maximum Gasteiger partial charge on any atom is 0.225 e. The van der Waals surface area contributed by atoms with Crippen LogP contribution in [0.25, 0.3) is 0 Å². The zero-order valence-electron chi connectivity index (χ0n) is 17.5. The lowest BCUT2D eigenvalue weighted by atomic mass is 9.90. The number of hydrogen-bond donors (Lipinski definition) is 1. The average molecular weight is 430 g/mol. The van der Waals surface area contributed by atoms with Crippen molar-refractivity contribution in [1.82, 2.24) is 19.9 Å². The molecule has 0 aliphatic carbocycles. The van der Waals surface area contributed by atoms with Gasteiger partial charge in [-0.25, -0.2) is 9.97 Å². The number of likely N-dealkylation sites (tertiary alicyclic amines) is 1. The number of carbonyl (C=O) groups is 2. The highest BCUT2D eigenvalue weighted by atomic mass is 35.5. The predicted octanol–water partition coefficient (Wildman–Crippen LogP) is 3.50. The lowest BCUT2D eigenvalue weighted by molar-refractivity contribution is -0.136. The number of aryl methyl sites for hydroxylation is 1. The summed E-state index contributed by atoms with van der Waals surface area (Å²) < 4.78 is 0. The van der Waals surface area contributed by atoms with Gasteiger partial charge in [0.05, 0.1) is 0 Å². The van der Waals surface area contributed by atoms with E-state index in [1.165, 1.54) is 0 Å². The first-order valence-corrected chi connectivity index (χ1v) is 10.7. The number of pyridine rings is 1. The van der Waals surface area contributed by atoms with Gasteiger partial charge in [0.1, 0.15) is 16.8 Å². The minimum atomic E-state index is -0.328. The number of aromatic nitrogens is 3. The van der Waals surface area contributed by atoms with Gasteiger partial charge in [-0.3, -0.25) is 14.6 Å². The lowest BCUT2D eigenvalue weighted by Gasteiger charge is -2.33. The first kappa shape index (κ1) is 22.2. The molecule has 1 aliphatic rings. The number of Topliss-reactive ketones (excluding diaryl/α,β-unsaturated/α-hetero) is 1. The number of piperidine rings is 1. The average Bonchev–Trinajstić information content (AvgIpc) is 2.73. The summed E-state index contributed by atoms with van der Waals surface area (Å²) in [4.78, 5) is 39.3. The molecule has 0 bridgehead atoms. The number of nitrogen functional groups attached to an aromatic ring is 1. The Kier molecular flexibility index (Phi) is 7.37. The third-order valence-electron chi connectivity index (χ3n) is 5.74. The van der Waals surface area contributed by atoms with Gasteiger partial charge in [-0.2, -0.15) is 0 Å². The van der Waals surface area contributed by atoms with Gasteiger partial charge in [-0.05, 0) is 50.7 Å². The summed E-state index contributed by atoms with van der Waals surface area (Å²) in [7, 11) is 0. The number of anilines is 1. The number of nitrogens with two attached hydrogens (primary N) is 1. The van der Waals surface area contributed by atoms with E-state index in [9.17, 15) is 9.59 Å². The number of nitrogens with zero attached hydrogens (tertiary/aromatic N) is 4. The van der Waals surface area contributed by atoms with E-state index in [1.807, 2.05) is 11.8 Å². The minimum absolute atomic E-state index is 0.0251. The van der Waals surface area contributed by atoms with Crippen LogP contribution in [0.1, 0.15) is 54.4 Å². The maximum atomic E-state index is 12.8. The Morgan fingerprint density at radius 3 is 2.53 bits per heavy atom. The van der Waals surface area contributed by atoms with Crippen LogP contribution in [0.5, 0.6) is 0 Å². The first-order valence-electron chi connectivity index (χ1n) is 10.4. The Labute approximate surface area is 182 Å². The largest absolute Gasteiger partial charge is 0.383 e. The Bertz CT molecular complexity index is 875.